The first-order valence-corrected chi connectivity index (χ1v) is 8.36. The minimum atomic E-state index is 0.973. The van der Waals surface area contributed by atoms with Crippen LogP contribution in [0.2, 0.25) is 0 Å². The van der Waals surface area contributed by atoms with Gasteiger partial charge in [0.25, 0.3) is 0 Å². The van der Waals surface area contributed by atoms with Crippen LogP contribution in [-0.2, 0) is 0 Å². The van der Waals surface area contributed by atoms with Gasteiger partial charge in [-0.15, -0.1) is 0 Å². The fourth-order valence-electron chi connectivity index (χ4n) is 3.91. The average Bonchev–Trinajstić information content (AvgIpc) is 3.12. The van der Waals surface area contributed by atoms with Gasteiger partial charge in [0.1, 0.15) is 0 Å². The monoisotopic (exact) mass is 250 g/mol. The average molecular weight is 250 g/mol. The van der Waals surface area contributed by atoms with Gasteiger partial charge in [-0.25, -0.2) is 0 Å². The normalized spacial score (nSPS) is 27.2. The van der Waals surface area contributed by atoms with Crippen molar-refractivity contribution in [3.05, 3.63) is 0 Å². The molecule has 104 valence electrons. The Morgan fingerprint density at radius 3 is 2.22 bits per heavy atom. The highest BCUT2D eigenvalue weighted by Gasteiger charge is 2.31. The standard InChI is InChI=1S/C16H30N2/c1-2-4-14(3-1)9-12-18(16-5-6-16)13-15-7-10-17-11-8-15/h14-17H,1-13H2. The molecule has 0 bridgehead atoms. The van der Waals surface area contributed by atoms with Crippen molar-refractivity contribution in [2.24, 2.45) is 11.8 Å². The van der Waals surface area contributed by atoms with Crippen molar-refractivity contribution in [3.8, 4) is 0 Å². The molecule has 2 nitrogen and oxygen atoms in total. The van der Waals surface area contributed by atoms with Crippen molar-refractivity contribution in [1.29, 1.82) is 0 Å². The van der Waals surface area contributed by atoms with Crippen molar-refractivity contribution >= 4 is 0 Å². The Kier molecular flexibility index (Phi) is 4.58. The number of hydrogen-bond acceptors (Lipinski definition) is 2. The lowest BCUT2D eigenvalue weighted by molar-refractivity contribution is 0.186. The topological polar surface area (TPSA) is 15.3 Å². The van der Waals surface area contributed by atoms with E-state index < -0.39 is 0 Å². The van der Waals surface area contributed by atoms with E-state index in [9.17, 15) is 0 Å². The van der Waals surface area contributed by atoms with E-state index >= 15 is 0 Å². The van der Waals surface area contributed by atoms with E-state index in [1.165, 1.54) is 84.0 Å². The molecule has 3 fully saturated rings. The molecular formula is C16H30N2. The highest BCUT2D eigenvalue weighted by molar-refractivity contribution is 4.87. The van der Waals surface area contributed by atoms with Crippen molar-refractivity contribution in [2.45, 2.75) is 63.8 Å². The van der Waals surface area contributed by atoms with Crippen LogP contribution in [0.25, 0.3) is 0 Å². The van der Waals surface area contributed by atoms with Gasteiger partial charge < -0.3 is 10.2 Å². The molecule has 3 aliphatic rings. The van der Waals surface area contributed by atoms with Crippen LogP contribution in [-0.4, -0.2) is 37.1 Å². The smallest absolute Gasteiger partial charge is 0.00965 e. The second kappa shape index (κ2) is 6.38. The molecule has 0 radical (unpaired) electrons. The Morgan fingerprint density at radius 2 is 1.56 bits per heavy atom. The molecular weight excluding hydrogens is 220 g/mol. The van der Waals surface area contributed by atoms with Gasteiger partial charge in [0.05, 0.1) is 0 Å². The van der Waals surface area contributed by atoms with Crippen molar-refractivity contribution in [2.75, 3.05) is 26.2 Å². The summed E-state index contributed by atoms with van der Waals surface area (Å²) in [4.78, 5) is 2.86. The van der Waals surface area contributed by atoms with E-state index in [1.807, 2.05) is 0 Å². The summed E-state index contributed by atoms with van der Waals surface area (Å²) in [6.45, 7) is 5.32. The van der Waals surface area contributed by atoms with Gasteiger partial charge >= 0.3 is 0 Å². The predicted octanol–water partition coefficient (Wildman–Crippen LogP) is 3.03. The summed E-state index contributed by atoms with van der Waals surface area (Å²) in [7, 11) is 0. The first kappa shape index (κ1) is 12.9. The highest BCUT2D eigenvalue weighted by Crippen LogP contribution is 2.32. The lowest BCUT2D eigenvalue weighted by Gasteiger charge is -2.30. The van der Waals surface area contributed by atoms with Gasteiger partial charge in [-0.1, -0.05) is 25.7 Å². The van der Waals surface area contributed by atoms with E-state index in [1.54, 1.807) is 0 Å². The summed E-state index contributed by atoms with van der Waals surface area (Å²) in [5.41, 5.74) is 0. The molecule has 18 heavy (non-hydrogen) atoms. The first-order valence-electron chi connectivity index (χ1n) is 8.36. The van der Waals surface area contributed by atoms with E-state index in [-0.39, 0.29) is 0 Å². The summed E-state index contributed by atoms with van der Waals surface area (Å²) in [6, 6.07) is 0.973. The summed E-state index contributed by atoms with van der Waals surface area (Å²) < 4.78 is 0. The maximum Gasteiger partial charge on any atom is 0.00965 e. The van der Waals surface area contributed by atoms with Crippen LogP contribution in [0.1, 0.15) is 57.8 Å². The van der Waals surface area contributed by atoms with Gasteiger partial charge in [0.15, 0.2) is 0 Å². The summed E-state index contributed by atoms with van der Waals surface area (Å²) >= 11 is 0. The molecule has 0 unspecified atom stereocenters. The zero-order valence-electron chi connectivity index (χ0n) is 11.9. The van der Waals surface area contributed by atoms with Gasteiger partial charge in [0, 0.05) is 12.6 Å². The molecule has 2 heteroatoms. The fourth-order valence-corrected chi connectivity index (χ4v) is 3.91. The Hall–Kier alpha value is -0.0800. The van der Waals surface area contributed by atoms with Crippen molar-refractivity contribution in [1.82, 2.24) is 10.2 Å². The molecule has 1 aliphatic heterocycles. The Morgan fingerprint density at radius 1 is 0.833 bits per heavy atom. The Labute approximate surface area is 113 Å². The largest absolute Gasteiger partial charge is 0.317 e. The molecule has 3 rings (SSSR count). The number of nitrogens with zero attached hydrogens (tertiary/aromatic N) is 1. The predicted molar refractivity (Wildman–Crippen MR) is 76.8 cm³/mol. The lowest BCUT2D eigenvalue weighted by atomic mass is 9.96. The fraction of sp³-hybridized carbons (Fsp3) is 1.00. The number of rotatable bonds is 6. The van der Waals surface area contributed by atoms with E-state index in [2.05, 4.69) is 10.2 Å². The molecule has 0 spiro atoms. The maximum atomic E-state index is 3.49. The zero-order valence-corrected chi connectivity index (χ0v) is 11.9. The van der Waals surface area contributed by atoms with Crippen molar-refractivity contribution < 1.29 is 0 Å². The van der Waals surface area contributed by atoms with Crippen LogP contribution in [0, 0.1) is 11.8 Å². The van der Waals surface area contributed by atoms with Crippen LogP contribution >= 0.6 is 0 Å². The third-order valence-electron chi connectivity index (χ3n) is 5.31. The SMILES string of the molecule is C1CCC(CCN(CC2CCNCC2)C2CC2)C1. The number of hydrogen-bond donors (Lipinski definition) is 1. The second-order valence-corrected chi connectivity index (χ2v) is 6.86. The summed E-state index contributed by atoms with van der Waals surface area (Å²) in [5.74, 6) is 2.05. The third-order valence-corrected chi connectivity index (χ3v) is 5.31. The molecule has 0 aromatic carbocycles. The van der Waals surface area contributed by atoms with Crippen LogP contribution in [0.4, 0.5) is 0 Å². The van der Waals surface area contributed by atoms with Crippen LogP contribution in [0.15, 0.2) is 0 Å². The summed E-state index contributed by atoms with van der Waals surface area (Å²) in [5, 5.41) is 3.49. The minimum Gasteiger partial charge on any atom is -0.317 e. The first-order chi connectivity index (χ1) is 8.92. The Bertz CT molecular complexity index is 237. The zero-order chi connectivity index (χ0) is 12.2. The molecule has 0 aromatic rings. The lowest BCUT2D eigenvalue weighted by Crippen LogP contribution is -2.38. The Balaban J connectivity index is 1.42. The molecule has 0 amide bonds. The quantitative estimate of drug-likeness (QED) is 0.779. The number of nitrogens with one attached hydrogen (secondary N) is 1. The highest BCUT2D eigenvalue weighted by atomic mass is 15.2. The molecule has 2 aliphatic carbocycles. The number of piperidine rings is 1. The minimum absolute atomic E-state index is 0.973. The van der Waals surface area contributed by atoms with Crippen LogP contribution in [0.3, 0.4) is 0 Å². The van der Waals surface area contributed by atoms with Gasteiger partial charge in [-0.3, -0.25) is 0 Å². The molecule has 2 saturated carbocycles. The van der Waals surface area contributed by atoms with Gasteiger partial charge in [-0.05, 0) is 63.6 Å². The molecule has 1 heterocycles. The van der Waals surface area contributed by atoms with Crippen LogP contribution in [0.5, 0.6) is 0 Å². The van der Waals surface area contributed by atoms with E-state index in [0.717, 1.165) is 17.9 Å². The molecule has 1 N–H and O–H groups in total. The van der Waals surface area contributed by atoms with E-state index in [4.69, 9.17) is 0 Å². The molecule has 0 atom stereocenters. The van der Waals surface area contributed by atoms with Gasteiger partial charge in [-0.2, -0.15) is 0 Å². The van der Waals surface area contributed by atoms with Crippen molar-refractivity contribution in [3.63, 3.8) is 0 Å². The maximum absolute atomic E-state index is 3.49. The summed E-state index contributed by atoms with van der Waals surface area (Å²) in [6.07, 6.45) is 13.3. The third kappa shape index (κ3) is 3.71. The van der Waals surface area contributed by atoms with Gasteiger partial charge in [0.2, 0.25) is 0 Å². The molecule has 0 aromatic heterocycles. The second-order valence-electron chi connectivity index (χ2n) is 6.86. The van der Waals surface area contributed by atoms with Crippen LogP contribution < -0.4 is 5.32 Å². The van der Waals surface area contributed by atoms with E-state index in [0.29, 0.717) is 0 Å². The molecule has 1 saturated heterocycles.